The maximum atomic E-state index is 13.7. The molecule has 2 aromatic rings. The van der Waals surface area contributed by atoms with Crippen molar-refractivity contribution >= 4 is 21.4 Å². The minimum Gasteiger partial charge on any atom is -0.398 e. The van der Waals surface area contributed by atoms with Gasteiger partial charge in [-0.1, -0.05) is 24.3 Å². The first kappa shape index (κ1) is 13.4. The lowest BCUT2D eigenvalue weighted by Gasteiger charge is -2.12. The zero-order chi connectivity index (χ0) is 14.0. The van der Waals surface area contributed by atoms with Crippen molar-refractivity contribution in [2.45, 2.75) is 11.8 Å². The second kappa shape index (κ2) is 4.89. The van der Waals surface area contributed by atoms with Crippen LogP contribution in [0.5, 0.6) is 0 Å². The minimum atomic E-state index is -4.05. The van der Waals surface area contributed by atoms with E-state index in [0.717, 1.165) is 11.6 Å². The van der Waals surface area contributed by atoms with E-state index >= 15 is 0 Å². The molecule has 4 nitrogen and oxygen atoms in total. The average molecular weight is 280 g/mol. The van der Waals surface area contributed by atoms with Gasteiger partial charge in [0.05, 0.1) is 11.4 Å². The van der Waals surface area contributed by atoms with Gasteiger partial charge in [-0.15, -0.1) is 0 Å². The van der Waals surface area contributed by atoms with Crippen molar-refractivity contribution in [1.82, 2.24) is 0 Å². The molecule has 0 aliphatic carbocycles. The topological polar surface area (TPSA) is 72.2 Å². The van der Waals surface area contributed by atoms with Gasteiger partial charge < -0.3 is 5.73 Å². The summed E-state index contributed by atoms with van der Waals surface area (Å²) in [5.41, 5.74) is 6.55. The van der Waals surface area contributed by atoms with Gasteiger partial charge in [-0.05, 0) is 30.7 Å². The molecule has 0 atom stereocenters. The Labute approximate surface area is 111 Å². The Morgan fingerprint density at radius 3 is 2.42 bits per heavy atom. The van der Waals surface area contributed by atoms with Gasteiger partial charge in [0, 0.05) is 0 Å². The summed E-state index contributed by atoms with van der Waals surface area (Å²) >= 11 is 0. The first-order valence-electron chi connectivity index (χ1n) is 5.54. The van der Waals surface area contributed by atoms with E-state index in [1.807, 2.05) is 0 Å². The smallest absolute Gasteiger partial charge is 0.266 e. The van der Waals surface area contributed by atoms with Crippen LogP contribution >= 0.6 is 0 Å². The van der Waals surface area contributed by atoms with Crippen LogP contribution in [0.25, 0.3) is 0 Å². The zero-order valence-corrected chi connectivity index (χ0v) is 11.0. The first-order chi connectivity index (χ1) is 8.92. The number of anilines is 2. The molecule has 19 heavy (non-hydrogen) atoms. The van der Waals surface area contributed by atoms with E-state index in [2.05, 4.69) is 4.72 Å². The molecule has 2 aromatic carbocycles. The van der Waals surface area contributed by atoms with Crippen molar-refractivity contribution in [2.75, 3.05) is 10.5 Å². The highest BCUT2D eigenvalue weighted by Gasteiger charge is 2.22. The van der Waals surface area contributed by atoms with Crippen molar-refractivity contribution in [1.29, 1.82) is 0 Å². The van der Waals surface area contributed by atoms with E-state index in [4.69, 9.17) is 5.73 Å². The highest BCUT2D eigenvalue weighted by Crippen LogP contribution is 2.25. The van der Waals surface area contributed by atoms with E-state index in [-0.39, 0.29) is 5.69 Å². The van der Waals surface area contributed by atoms with Crippen LogP contribution in [-0.2, 0) is 10.0 Å². The van der Waals surface area contributed by atoms with Crippen molar-refractivity contribution in [3.05, 3.63) is 53.8 Å². The maximum absolute atomic E-state index is 13.7. The van der Waals surface area contributed by atoms with Crippen molar-refractivity contribution < 1.29 is 12.8 Å². The molecule has 0 amide bonds. The molecular formula is C13H13FN2O2S. The number of nitrogens with two attached hydrogens (primary N) is 1. The molecule has 0 radical (unpaired) electrons. The number of aryl methyl sites for hydroxylation is 1. The molecule has 0 fully saturated rings. The van der Waals surface area contributed by atoms with Gasteiger partial charge in [-0.2, -0.15) is 0 Å². The summed E-state index contributed by atoms with van der Waals surface area (Å²) in [6.07, 6.45) is 0. The van der Waals surface area contributed by atoms with Crippen LogP contribution in [0.2, 0.25) is 0 Å². The molecule has 0 aromatic heterocycles. The molecule has 0 heterocycles. The standard InChI is InChI=1S/C13H13FN2O2S/c1-9-5-2-3-8-12(9)16-19(17,18)13-10(14)6-4-7-11(13)15/h2-8,16H,15H2,1H3. The molecular weight excluding hydrogens is 267 g/mol. The van der Waals surface area contributed by atoms with Gasteiger partial charge in [0.25, 0.3) is 10.0 Å². The van der Waals surface area contributed by atoms with Crippen molar-refractivity contribution in [3.63, 3.8) is 0 Å². The highest BCUT2D eigenvalue weighted by molar-refractivity contribution is 7.92. The van der Waals surface area contributed by atoms with E-state index in [1.54, 1.807) is 31.2 Å². The summed E-state index contributed by atoms with van der Waals surface area (Å²) in [5.74, 6) is -0.874. The fraction of sp³-hybridized carbons (Fsp3) is 0.0769. The van der Waals surface area contributed by atoms with Crippen molar-refractivity contribution in [3.8, 4) is 0 Å². The molecule has 100 valence electrons. The number of nitrogen functional groups attached to an aromatic ring is 1. The Bertz CT molecular complexity index is 694. The largest absolute Gasteiger partial charge is 0.398 e. The summed E-state index contributed by atoms with van der Waals surface area (Å²) in [5, 5.41) is 0. The summed E-state index contributed by atoms with van der Waals surface area (Å²) < 4.78 is 40.3. The predicted octanol–water partition coefficient (Wildman–Crippen LogP) is 2.52. The lowest BCUT2D eigenvalue weighted by Crippen LogP contribution is -2.17. The van der Waals surface area contributed by atoms with Crippen LogP contribution in [0, 0.1) is 12.7 Å². The number of rotatable bonds is 3. The van der Waals surface area contributed by atoms with Gasteiger partial charge in [0.1, 0.15) is 10.7 Å². The van der Waals surface area contributed by atoms with Crippen molar-refractivity contribution in [2.24, 2.45) is 0 Å². The predicted molar refractivity (Wildman–Crippen MR) is 72.8 cm³/mol. The Morgan fingerprint density at radius 2 is 1.79 bits per heavy atom. The number of sulfonamides is 1. The van der Waals surface area contributed by atoms with E-state index in [1.165, 1.54) is 12.1 Å². The Kier molecular flexibility index (Phi) is 3.44. The second-order valence-corrected chi connectivity index (χ2v) is 5.70. The van der Waals surface area contributed by atoms with Crippen LogP contribution in [-0.4, -0.2) is 8.42 Å². The van der Waals surface area contributed by atoms with E-state index < -0.39 is 20.7 Å². The third-order valence-corrected chi connectivity index (χ3v) is 4.11. The fourth-order valence-electron chi connectivity index (χ4n) is 1.69. The number of nitrogens with one attached hydrogen (secondary N) is 1. The summed E-state index contributed by atoms with van der Waals surface area (Å²) in [4.78, 5) is -0.529. The lowest BCUT2D eigenvalue weighted by atomic mass is 10.2. The number of para-hydroxylation sites is 1. The van der Waals surface area contributed by atoms with Crippen LogP contribution < -0.4 is 10.5 Å². The molecule has 0 aliphatic rings. The van der Waals surface area contributed by atoms with Crippen LogP contribution in [0.1, 0.15) is 5.56 Å². The van der Waals surface area contributed by atoms with Gasteiger partial charge in [-0.25, -0.2) is 12.8 Å². The molecule has 0 saturated heterocycles. The van der Waals surface area contributed by atoms with Crippen LogP contribution in [0.3, 0.4) is 0 Å². The van der Waals surface area contributed by atoms with Gasteiger partial charge in [-0.3, -0.25) is 4.72 Å². The van der Waals surface area contributed by atoms with E-state index in [9.17, 15) is 12.8 Å². The second-order valence-electron chi connectivity index (χ2n) is 4.08. The number of hydrogen-bond acceptors (Lipinski definition) is 3. The normalized spacial score (nSPS) is 11.3. The maximum Gasteiger partial charge on any atom is 0.266 e. The average Bonchev–Trinajstić information content (AvgIpc) is 2.31. The Hall–Kier alpha value is -2.08. The molecule has 6 heteroatoms. The minimum absolute atomic E-state index is 0.124. The molecule has 0 spiro atoms. The molecule has 2 rings (SSSR count). The number of halogens is 1. The van der Waals surface area contributed by atoms with Gasteiger partial charge >= 0.3 is 0 Å². The summed E-state index contributed by atoms with van der Waals surface area (Å²) in [6.45, 7) is 1.75. The quantitative estimate of drug-likeness (QED) is 0.848. The van der Waals surface area contributed by atoms with Crippen LogP contribution in [0.15, 0.2) is 47.4 Å². The monoisotopic (exact) mass is 280 g/mol. The Balaban J connectivity index is 2.47. The lowest BCUT2D eigenvalue weighted by molar-refractivity contribution is 0.572. The molecule has 0 aliphatic heterocycles. The molecule has 0 saturated carbocycles. The third kappa shape index (κ3) is 2.68. The fourth-order valence-corrected chi connectivity index (χ4v) is 3.02. The first-order valence-corrected chi connectivity index (χ1v) is 7.02. The zero-order valence-electron chi connectivity index (χ0n) is 10.2. The third-order valence-electron chi connectivity index (χ3n) is 2.66. The SMILES string of the molecule is Cc1ccccc1NS(=O)(=O)c1c(N)cccc1F. The van der Waals surface area contributed by atoms with Gasteiger partial charge in [0.2, 0.25) is 0 Å². The molecule has 0 bridgehead atoms. The highest BCUT2D eigenvalue weighted by atomic mass is 32.2. The number of benzene rings is 2. The summed E-state index contributed by atoms with van der Waals surface area (Å²) in [6, 6.07) is 10.6. The molecule has 3 N–H and O–H groups in total. The van der Waals surface area contributed by atoms with E-state index in [0.29, 0.717) is 5.69 Å². The number of hydrogen-bond donors (Lipinski definition) is 2. The van der Waals surface area contributed by atoms with Gasteiger partial charge in [0.15, 0.2) is 0 Å². The molecule has 0 unspecified atom stereocenters. The Morgan fingerprint density at radius 1 is 1.11 bits per heavy atom. The summed E-state index contributed by atoms with van der Waals surface area (Å²) in [7, 11) is -4.05. The van der Waals surface area contributed by atoms with Crippen LogP contribution in [0.4, 0.5) is 15.8 Å².